The summed E-state index contributed by atoms with van der Waals surface area (Å²) >= 11 is 5.53. The highest BCUT2D eigenvalue weighted by atomic mass is 35.5. The molecule has 1 unspecified atom stereocenters. The molecule has 0 bridgehead atoms. The second kappa shape index (κ2) is 3.89. The van der Waals surface area contributed by atoms with Crippen LogP contribution in [-0.4, -0.2) is 6.18 Å². The van der Waals surface area contributed by atoms with Gasteiger partial charge in [0.05, 0.1) is 0 Å². The van der Waals surface area contributed by atoms with Crippen molar-refractivity contribution in [1.82, 2.24) is 0 Å². The molecule has 1 rings (SSSR count). The van der Waals surface area contributed by atoms with Crippen LogP contribution in [0.3, 0.4) is 0 Å². The zero-order valence-corrected chi connectivity index (χ0v) is 7.60. The van der Waals surface area contributed by atoms with Gasteiger partial charge < -0.3 is 0 Å². The molecule has 0 aliphatic rings. The smallest absolute Gasteiger partial charge is 0.298 e. The van der Waals surface area contributed by atoms with Crippen molar-refractivity contribution >= 4 is 11.6 Å². The monoisotopic (exact) mass is 219 g/mol. The molecule has 0 saturated heterocycles. The van der Waals surface area contributed by atoms with Gasteiger partial charge in [-0.2, -0.15) is 13.2 Å². The first-order valence-electron chi connectivity index (χ1n) is 3.64. The van der Waals surface area contributed by atoms with Gasteiger partial charge >= 0.3 is 12.2 Å². The predicted octanol–water partition coefficient (Wildman–Crippen LogP) is 3.86. The van der Waals surface area contributed by atoms with Gasteiger partial charge in [-0.15, -0.1) is 0 Å². The minimum Gasteiger partial charge on any atom is -0.298 e. The molecular weight excluding hydrogens is 215 g/mol. The molecule has 0 spiro atoms. The third-order valence-corrected chi connectivity index (χ3v) is 1.84. The SMILES string of the molecule is [C-]#[N+]C(c1cccc(Cl)c1)C(F)(F)F. The highest BCUT2D eigenvalue weighted by molar-refractivity contribution is 6.30. The minimum atomic E-state index is -4.55. The van der Waals surface area contributed by atoms with E-state index in [4.69, 9.17) is 18.2 Å². The summed E-state index contributed by atoms with van der Waals surface area (Å²) in [5, 5.41) is 0.195. The predicted molar refractivity (Wildman–Crippen MR) is 46.9 cm³/mol. The first kappa shape index (κ1) is 10.9. The average Bonchev–Trinajstić information content (AvgIpc) is 2.02. The lowest BCUT2D eigenvalue weighted by Gasteiger charge is -2.09. The summed E-state index contributed by atoms with van der Waals surface area (Å²) < 4.78 is 36.8. The maximum Gasteiger partial charge on any atom is 0.470 e. The Labute approximate surface area is 83.9 Å². The summed E-state index contributed by atoms with van der Waals surface area (Å²) in [7, 11) is 0. The van der Waals surface area contributed by atoms with Crippen molar-refractivity contribution in [1.29, 1.82) is 0 Å². The molecule has 74 valence electrons. The van der Waals surface area contributed by atoms with Crippen LogP contribution in [0.4, 0.5) is 13.2 Å². The van der Waals surface area contributed by atoms with E-state index < -0.39 is 12.2 Å². The van der Waals surface area contributed by atoms with Gasteiger partial charge in [-0.3, -0.25) is 4.85 Å². The van der Waals surface area contributed by atoms with Crippen LogP contribution in [0, 0.1) is 6.57 Å². The number of benzene rings is 1. The second-order valence-electron chi connectivity index (χ2n) is 2.63. The third-order valence-electron chi connectivity index (χ3n) is 1.60. The van der Waals surface area contributed by atoms with Crippen LogP contribution in [-0.2, 0) is 0 Å². The molecule has 1 aromatic rings. The summed E-state index contributed by atoms with van der Waals surface area (Å²) in [5.74, 6) is 0. The molecule has 0 aliphatic carbocycles. The maximum atomic E-state index is 12.3. The summed E-state index contributed by atoms with van der Waals surface area (Å²) in [6.07, 6.45) is -4.55. The van der Waals surface area contributed by atoms with E-state index in [0.29, 0.717) is 0 Å². The van der Waals surface area contributed by atoms with E-state index in [1.165, 1.54) is 18.2 Å². The molecule has 0 aromatic heterocycles. The number of rotatable bonds is 1. The van der Waals surface area contributed by atoms with Crippen molar-refractivity contribution in [2.75, 3.05) is 0 Å². The van der Waals surface area contributed by atoms with E-state index >= 15 is 0 Å². The molecule has 0 amide bonds. The summed E-state index contributed by atoms with van der Waals surface area (Å²) in [4.78, 5) is 2.54. The van der Waals surface area contributed by atoms with Crippen molar-refractivity contribution < 1.29 is 13.2 Å². The standard InChI is InChI=1S/C9H5ClF3N/c1-14-8(9(11,12)13)6-3-2-4-7(10)5-6/h2-5,8H. The van der Waals surface area contributed by atoms with Crippen LogP contribution >= 0.6 is 11.6 Å². The van der Waals surface area contributed by atoms with E-state index in [2.05, 4.69) is 4.85 Å². The van der Waals surface area contributed by atoms with Gasteiger partial charge in [-0.25, -0.2) is 6.57 Å². The molecule has 0 heterocycles. The average molecular weight is 220 g/mol. The zero-order valence-electron chi connectivity index (χ0n) is 6.85. The molecule has 1 atom stereocenters. The number of alkyl halides is 3. The summed E-state index contributed by atoms with van der Waals surface area (Å²) in [6.45, 7) is 6.49. The largest absolute Gasteiger partial charge is 0.470 e. The van der Waals surface area contributed by atoms with E-state index in [9.17, 15) is 13.2 Å². The van der Waals surface area contributed by atoms with E-state index in [-0.39, 0.29) is 10.6 Å². The first-order valence-corrected chi connectivity index (χ1v) is 4.01. The quantitative estimate of drug-likeness (QED) is 0.632. The van der Waals surface area contributed by atoms with Crippen LogP contribution in [0.5, 0.6) is 0 Å². The first-order chi connectivity index (χ1) is 6.45. The Morgan fingerprint density at radius 3 is 2.43 bits per heavy atom. The van der Waals surface area contributed by atoms with E-state index in [1.807, 2.05) is 0 Å². The van der Waals surface area contributed by atoms with Crippen molar-refractivity contribution in [2.45, 2.75) is 12.2 Å². The topological polar surface area (TPSA) is 4.36 Å². The fourth-order valence-electron chi connectivity index (χ4n) is 1.01. The highest BCUT2D eigenvalue weighted by Gasteiger charge is 2.47. The molecule has 14 heavy (non-hydrogen) atoms. The molecule has 0 aliphatic heterocycles. The molecule has 0 radical (unpaired) electrons. The fourth-order valence-corrected chi connectivity index (χ4v) is 1.21. The van der Waals surface area contributed by atoms with Gasteiger partial charge in [0.15, 0.2) is 0 Å². The van der Waals surface area contributed by atoms with Gasteiger partial charge in [0, 0.05) is 10.6 Å². The molecular formula is C9H5ClF3N. The van der Waals surface area contributed by atoms with Crippen LogP contribution in [0.1, 0.15) is 11.6 Å². The van der Waals surface area contributed by atoms with E-state index in [0.717, 1.165) is 6.07 Å². The van der Waals surface area contributed by atoms with Crippen LogP contribution in [0.2, 0.25) is 5.02 Å². The van der Waals surface area contributed by atoms with E-state index in [1.54, 1.807) is 0 Å². The van der Waals surface area contributed by atoms with Gasteiger partial charge in [-0.05, 0) is 12.1 Å². The lowest BCUT2D eigenvalue weighted by molar-refractivity contribution is -0.140. The Balaban J connectivity index is 3.09. The second-order valence-corrected chi connectivity index (χ2v) is 3.06. The summed E-state index contributed by atoms with van der Waals surface area (Å²) in [5.41, 5.74) is -0.125. The highest BCUT2D eigenvalue weighted by Crippen LogP contribution is 2.36. The van der Waals surface area contributed by atoms with Gasteiger partial charge in [0.25, 0.3) is 0 Å². The zero-order chi connectivity index (χ0) is 10.8. The molecule has 5 heteroatoms. The van der Waals surface area contributed by atoms with Crippen molar-refractivity contribution in [3.63, 3.8) is 0 Å². The summed E-state index contributed by atoms with van der Waals surface area (Å²) in [6, 6.07) is 3.12. The van der Waals surface area contributed by atoms with Gasteiger partial charge in [-0.1, -0.05) is 23.7 Å². The van der Waals surface area contributed by atoms with Crippen LogP contribution in [0.25, 0.3) is 4.85 Å². The Bertz CT molecular complexity index is 367. The van der Waals surface area contributed by atoms with Gasteiger partial charge in [0.1, 0.15) is 0 Å². The van der Waals surface area contributed by atoms with Crippen molar-refractivity contribution in [3.8, 4) is 0 Å². The molecule has 0 fully saturated rings. The fraction of sp³-hybridized carbons (Fsp3) is 0.222. The van der Waals surface area contributed by atoms with Crippen molar-refractivity contribution in [2.24, 2.45) is 0 Å². The molecule has 1 nitrogen and oxygen atoms in total. The Morgan fingerprint density at radius 2 is 2.00 bits per heavy atom. The number of halogens is 4. The molecule has 1 aromatic carbocycles. The Kier molecular flexibility index (Phi) is 3.02. The lowest BCUT2D eigenvalue weighted by Crippen LogP contribution is -2.17. The molecule has 0 N–H and O–H groups in total. The number of hydrogen-bond donors (Lipinski definition) is 0. The minimum absolute atomic E-state index is 0.125. The van der Waals surface area contributed by atoms with Gasteiger partial charge in [0.2, 0.25) is 0 Å². The number of hydrogen-bond acceptors (Lipinski definition) is 0. The van der Waals surface area contributed by atoms with Crippen LogP contribution in [0.15, 0.2) is 24.3 Å². The maximum absolute atomic E-state index is 12.3. The third kappa shape index (κ3) is 2.39. The molecule has 0 saturated carbocycles. The van der Waals surface area contributed by atoms with Crippen LogP contribution < -0.4 is 0 Å². The van der Waals surface area contributed by atoms with Crippen molar-refractivity contribution in [3.05, 3.63) is 46.3 Å². The number of nitrogens with zero attached hydrogens (tertiary/aromatic N) is 1. The lowest BCUT2D eigenvalue weighted by atomic mass is 10.1. The Hall–Kier alpha value is -1.21. The Morgan fingerprint density at radius 1 is 1.36 bits per heavy atom. The normalized spacial score (nSPS) is 13.4.